The molecule has 3 aliphatic rings. The average molecular weight is 595 g/mol. The minimum Gasteiger partial charge on any atom is -0.497 e. The van der Waals surface area contributed by atoms with Crippen molar-refractivity contribution >= 4 is 52.4 Å². The lowest BCUT2D eigenvalue weighted by Gasteiger charge is -2.38. The molecule has 1 N–H and O–H groups in total. The highest BCUT2D eigenvalue weighted by molar-refractivity contribution is 6.37. The van der Waals surface area contributed by atoms with Gasteiger partial charge in [-0.3, -0.25) is 14.4 Å². The fourth-order valence-corrected chi connectivity index (χ4v) is 7.47. The molecule has 6 nitrogen and oxygen atoms in total. The number of carbonyl (C=O) groups excluding carboxylic acids is 3. The highest BCUT2D eigenvalue weighted by atomic mass is 35.5. The van der Waals surface area contributed by atoms with E-state index in [0.29, 0.717) is 27.6 Å². The Kier molecular flexibility index (Phi) is 6.22. The second kappa shape index (κ2) is 9.86. The van der Waals surface area contributed by atoms with Crippen molar-refractivity contribution in [1.29, 1.82) is 0 Å². The number of Topliss-reactive ketones (excluding diaryl/α,β-unsaturated/α-hetero) is 2. The number of rotatable bonds is 5. The van der Waals surface area contributed by atoms with Crippen LogP contribution in [0.2, 0.25) is 10.0 Å². The number of ether oxygens (including phenoxy) is 1. The van der Waals surface area contributed by atoms with Crippen molar-refractivity contribution in [2.45, 2.75) is 17.5 Å². The lowest BCUT2D eigenvalue weighted by molar-refractivity contribution is -0.122. The van der Waals surface area contributed by atoms with Crippen LogP contribution >= 0.6 is 23.2 Å². The molecular weight excluding hydrogens is 571 g/mol. The van der Waals surface area contributed by atoms with Gasteiger partial charge in [-0.15, -0.1) is 0 Å². The maximum Gasteiger partial charge on any atom is 0.238 e. The Hall–Kier alpha value is -4.39. The van der Waals surface area contributed by atoms with Gasteiger partial charge >= 0.3 is 0 Å². The summed E-state index contributed by atoms with van der Waals surface area (Å²) in [6.07, 6.45) is 3.74. The summed E-state index contributed by atoms with van der Waals surface area (Å²) in [5.41, 5.74) is 2.20. The van der Waals surface area contributed by atoms with Crippen LogP contribution in [0.4, 0.5) is 5.69 Å². The molecule has 1 amide bonds. The van der Waals surface area contributed by atoms with Crippen molar-refractivity contribution in [2.75, 3.05) is 12.4 Å². The molecule has 3 heterocycles. The highest BCUT2D eigenvalue weighted by Crippen LogP contribution is 2.62. The molecule has 4 aromatic rings. The minimum atomic E-state index is -1.43. The summed E-state index contributed by atoms with van der Waals surface area (Å²) in [6, 6.07) is 25.0. The van der Waals surface area contributed by atoms with Crippen LogP contribution in [0.3, 0.4) is 0 Å². The van der Waals surface area contributed by atoms with Crippen LogP contribution in [0.1, 0.15) is 43.4 Å². The number of nitrogens with one attached hydrogen (secondary N) is 1. The molecular formula is C34H24Cl2N2O4. The fraction of sp³-hybridized carbons (Fsp3) is 0.147. The van der Waals surface area contributed by atoms with Gasteiger partial charge in [-0.1, -0.05) is 77.8 Å². The van der Waals surface area contributed by atoms with E-state index in [1.807, 2.05) is 65.7 Å². The molecule has 4 atom stereocenters. The first-order chi connectivity index (χ1) is 20.4. The molecule has 0 bridgehead atoms. The van der Waals surface area contributed by atoms with Gasteiger partial charge in [0.05, 0.1) is 24.1 Å². The fourth-order valence-electron chi connectivity index (χ4n) is 6.97. The van der Waals surface area contributed by atoms with Crippen molar-refractivity contribution in [3.05, 3.63) is 135 Å². The normalized spacial score (nSPS) is 23.3. The lowest BCUT2D eigenvalue weighted by Crippen LogP contribution is -2.49. The summed E-state index contributed by atoms with van der Waals surface area (Å²) in [4.78, 5) is 45.9. The SMILES string of the molecule is COc1cccc(C(=O)[C@H]2[C@H](C(=O)c3ccc(Cl)cc3Cl)N3C=Cc4ccccc4[C@@H]3[C@]23C(=O)Nc2ccccc23)c1. The molecule has 8 heteroatoms. The topological polar surface area (TPSA) is 75.7 Å². The summed E-state index contributed by atoms with van der Waals surface area (Å²) in [5.74, 6) is -1.67. The molecule has 0 saturated carbocycles. The molecule has 4 aromatic carbocycles. The number of nitrogens with zero attached hydrogens (tertiary/aromatic N) is 1. The third-order valence-electron chi connectivity index (χ3n) is 8.67. The van der Waals surface area contributed by atoms with Crippen molar-refractivity contribution in [3.63, 3.8) is 0 Å². The molecule has 3 aliphatic heterocycles. The number of carbonyl (C=O) groups is 3. The first-order valence-corrected chi connectivity index (χ1v) is 14.2. The van der Waals surface area contributed by atoms with E-state index in [1.165, 1.54) is 13.2 Å². The smallest absolute Gasteiger partial charge is 0.238 e. The quantitative estimate of drug-likeness (QED) is 0.252. The zero-order valence-corrected chi connectivity index (χ0v) is 23.9. The average Bonchev–Trinajstić information content (AvgIpc) is 3.48. The number of benzene rings is 4. The molecule has 7 rings (SSSR count). The van der Waals surface area contributed by atoms with Gasteiger partial charge in [0, 0.05) is 28.0 Å². The van der Waals surface area contributed by atoms with Crippen molar-refractivity contribution < 1.29 is 19.1 Å². The largest absolute Gasteiger partial charge is 0.497 e. The molecule has 0 unspecified atom stereocenters. The summed E-state index contributed by atoms with van der Waals surface area (Å²) < 4.78 is 5.42. The van der Waals surface area contributed by atoms with Gasteiger partial charge in [0.25, 0.3) is 0 Å². The van der Waals surface area contributed by atoms with E-state index in [0.717, 1.165) is 11.1 Å². The van der Waals surface area contributed by atoms with E-state index < -0.39 is 23.4 Å². The Labute approximate surface area is 252 Å². The lowest BCUT2D eigenvalue weighted by atomic mass is 9.62. The van der Waals surface area contributed by atoms with Crippen LogP contribution in [0, 0.1) is 5.92 Å². The Morgan fingerprint density at radius 3 is 2.50 bits per heavy atom. The first kappa shape index (κ1) is 26.5. The number of halogens is 2. The maximum atomic E-state index is 14.9. The molecule has 0 radical (unpaired) electrons. The zero-order valence-electron chi connectivity index (χ0n) is 22.4. The molecule has 0 aliphatic carbocycles. The number of anilines is 1. The minimum absolute atomic E-state index is 0.176. The van der Waals surface area contributed by atoms with Gasteiger partial charge in [0.1, 0.15) is 17.2 Å². The first-order valence-electron chi connectivity index (χ1n) is 13.5. The van der Waals surface area contributed by atoms with Crippen LogP contribution in [-0.4, -0.2) is 35.5 Å². The number of ketones is 2. The van der Waals surface area contributed by atoms with E-state index in [1.54, 1.807) is 36.4 Å². The summed E-state index contributed by atoms with van der Waals surface area (Å²) >= 11 is 12.8. The Morgan fingerprint density at radius 1 is 0.905 bits per heavy atom. The van der Waals surface area contributed by atoms with Crippen LogP contribution in [0.25, 0.3) is 6.08 Å². The molecule has 0 aromatic heterocycles. The van der Waals surface area contributed by atoms with E-state index >= 15 is 0 Å². The Balaban J connectivity index is 1.54. The third kappa shape index (κ3) is 3.68. The predicted molar refractivity (Wildman–Crippen MR) is 162 cm³/mol. The van der Waals surface area contributed by atoms with Gasteiger partial charge in [-0.25, -0.2) is 0 Å². The van der Waals surface area contributed by atoms with Gasteiger partial charge in [0.2, 0.25) is 5.91 Å². The summed E-state index contributed by atoms with van der Waals surface area (Å²) in [5, 5.41) is 3.61. The van der Waals surface area contributed by atoms with Crippen molar-refractivity contribution in [2.24, 2.45) is 5.92 Å². The second-order valence-electron chi connectivity index (χ2n) is 10.7. The van der Waals surface area contributed by atoms with E-state index in [4.69, 9.17) is 27.9 Å². The van der Waals surface area contributed by atoms with Gasteiger partial charge in [0.15, 0.2) is 11.6 Å². The number of methoxy groups -OCH3 is 1. The van der Waals surface area contributed by atoms with Crippen molar-refractivity contribution in [1.82, 2.24) is 4.90 Å². The molecule has 208 valence electrons. The van der Waals surface area contributed by atoms with Gasteiger partial charge < -0.3 is 15.0 Å². The van der Waals surface area contributed by atoms with Crippen LogP contribution in [0.5, 0.6) is 5.75 Å². The number of para-hydroxylation sites is 1. The van der Waals surface area contributed by atoms with Gasteiger partial charge in [-0.2, -0.15) is 0 Å². The highest BCUT2D eigenvalue weighted by Gasteiger charge is 2.70. The van der Waals surface area contributed by atoms with Crippen LogP contribution in [-0.2, 0) is 10.2 Å². The number of hydrogen-bond donors (Lipinski definition) is 1. The predicted octanol–water partition coefficient (Wildman–Crippen LogP) is 6.98. The van der Waals surface area contributed by atoms with E-state index in [-0.39, 0.29) is 28.1 Å². The number of amides is 1. The summed E-state index contributed by atoms with van der Waals surface area (Å²) in [6.45, 7) is 0. The van der Waals surface area contributed by atoms with Crippen molar-refractivity contribution in [3.8, 4) is 5.75 Å². The maximum absolute atomic E-state index is 14.9. The standard InChI is InChI=1S/C34H24Cl2N2O4/c1-42-22-9-6-8-20(17-22)30(39)28-29(31(40)24-14-13-21(35)18-26(24)36)38-16-15-19-7-2-3-10-23(19)32(38)34(28)25-11-4-5-12-27(25)37-33(34)41/h2-18,28-29,32H,1H3,(H,37,41)/t28-,29-,32-,34-/m1/s1. The third-order valence-corrected chi connectivity index (χ3v) is 9.22. The number of hydrogen-bond acceptors (Lipinski definition) is 5. The summed E-state index contributed by atoms with van der Waals surface area (Å²) in [7, 11) is 1.53. The van der Waals surface area contributed by atoms with E-state index in [2.05, 4.69) is 5.32 Å². The Bertz CT molecular complexity index is 1840. The molecule has 1 saturated heterocycles. The van der Waals surface area contributed by atoms with Crippen LogP contribution < -0.4 is 10.1 Å². The Morgan fingerprint density at radius 2 is 1.69 bits per heavy atom. The second-order valence-corrected chi connectivity index (χ2v) is 11.5. The van der Waals surface area contributed by atoms with E-state index in [9.17, 15) is 14.4 Å². The monoisotopic (exact) mass is 594 g/mol. The van der Waals surface area contributed by atoms with Gasteiger partial charge in [-0.05, 0) is 59.2 Å². The molecule has 42 heavy (non-hydrogen) atoms. The molecule has 1 fully saturated rings. The molecule has 1 spiro atoms. The zero-order chi connectivity index (χ0) is 29.2. The van der Waals surface area contributed by atoms with Crippen LogP contribution in [0.15, 0.2) is 97.2 Å². The number of fused-ring (bicyclic) bond motifs is 6.